The Kier molecular flexibility index (Phi) is 3.81. The Balaban J connectivity index is 2.13. The number of nitriles is 1. The van der Waals surface area contributed by atoms with E-state index < -0.39 is 0 Å². The van der Waals surface area contributed by atoms with Gasteiger partial charge >= 0.3 is 0 Å². The van der Waals surface area contributed by atoms with E-state index in [9.17, 15) is 4.39 Å². The summed E-state index contributed by atoms with van der Waals surface area (Å²) in [5, 5.41) is 12.7. The number of rotatable bonds is 3. The van der Waals surface area contributed by atoms with Crippen LogP contribution in [-0.4, -0.2) is 0 Å². The molecule has 18 heavy (non-hydrogen) atoms. The second-order valence-corrected chi connectivity index (χ2v) is 4.21. The fourth-order valence-corrected chi connectivity index (χ4v) is 1.71. The third kappa shape index (κ3) is 2.99. The van der Waals surface area contributed by atoms with Crippen molar-refractivity contribution < 1.29 is 4.39 Å². The van der Waals surface area contributed by atoms with Crippen molar-refractivity contribution in [2.75, 3.05) is 5.32 Å². The maximum absolute atomic E-state index is 13.1. The van der Waals surface area contributed by atoms with E-state index in [4.69, 9.17) is 16.9 Å². The SMILES string of the molecule is N#Cc1ccc(F)cc1CNc1ccc(Cl)cc1. The molecule has 0 heterocycles. The van der Waals surface area contributed by atoms with E-state index >= 15 is 0 Å². The van der Waals surface area contributed by atoms with Gasteiger partial charge in [0, 0.05) is 17.3 Å². The minimum Gasteiger partial charge on any atom is -0.381 e. The number of anilines is 1. The number of nitrogens with one attached hydrogen (secondary N) is 1. The molecule has 0 aromatic heterocycles. The Hall–Kier alpha value is -2.05. The Morgan fingerprint density at radius 1 is 1.17 bits per heavy atom. The highest BCUT2D eigenvalue weighted by Crippen LogP contribution is 2.16. The van der Waals surface area contributed by atoms with Crippen LogP contribution in [0.25, 0.3) is 0 Å². The van der Waals surface area contributed by atoms with E-state index in [1.807, 2.05) is 18.2 Å². The maximum Gasteiger partial charge on any atom is 0.123 e. The van der Waals surface area contributed by atoms with Crippen molar-refractivity contribution in [2.24, 2.45) is 0 Å². The molecule has 0 bridgehead atoms. The van der Waals surface area contributed by atoms with Crippen LogP contribution in [-0.2, 0) is 6.54 Å². The van der Waals surface area contributed by atoms with Gasteiger partial charge in [-0.05, 0) is 48.0 Å². The zero-order valence-electron chi connectivity index (χ0n) is 9.45. The van der Waals surface area contributed by atoms with Crippen LogP contribution < -0.4 is 5.32 Å². The van der Waals surface area contributed by atoms with E-state index in [-0.39, 0.29) is 5.82 Å². The lowest BCUT2D eigenvalue weighted by Gasteiger charge is -2.08. The van der Waals surface area contributed by atoms with Gasteiger partial charge in [0.05, 0.1) is 11.6 Å². The maximum atomic E-state index is 13.1. The molecule has 90 valence electrons. The Morgan fingerprint density at radius 2 is 1.89 bits per heavy atom. The molecule has 0 spiro atoms. The first-order valence-electron chi connectivity index (χ1n) is 5.37. The highest BCUT2D eigenvalue weighted by Gasteiger charge is 2.03. The zero-order valence-corrected chi connectivity index (χ0v) is 10.2. The molecule has 4 heteroatoms. The van der Waals surface area contributed by atoms with Gasteiger partial charge < -0.3 is 5.32 Å². The standard InChI is InChI=1S/C14H10ClFN2/c15-12-2-5-14(6-3-12)18-9-11-7-13(16)4-1-10(11)8-17/h1-7,18H,9H2. The van der Waals surface area contributed by atoms with Crippen molar-refractivity contribution in [3.8, 4) is 6.07 Å². The zero-order chi connectivity index (χ0) is 13.0. The predicted octanol–water partition coefficient (Wildman–Crippen LogP) is 3.96. The number of halogens is 2. The average molecular weight is 261 g/mol. The fourth-order valence-electron chi connectivity index (χ4n) is 1.58. The number of hydrogen-bond acceptors (Lipinski definition) is 2. The third-order valence-corrected chi connectivity index (χ3v) is 2.77. The lowest BCUT2D eigenvalue weighted by molar-refractivity contribution is 0.625. The average Bonchev–Trinajstić information content (AvgIpc) is 2.38. The molecule has 0 saturated carbocycles. The van der Waals surface area contributed by atoms with Crippen LogP contribution >= 0.6 is 11.6 Å². The number of benzene rings is 2. The molecule has 2 rings (SSSR count). The Labute approximate surface area is 110 Å². The van der Waals surface area contributed by atoms with Gasteiger partial charge in [0.2, 0.25) is 0 Å². The molecule has 0 unspecified atom stereocenters. The highest BCUT2D eigenvalue weighted by atomic mass is 35.5. The normalized spacial score (nSPS) is 9.83. The Bertz CT molecular complexity index is 588. The van der Waals surface area contributed by atoms with Crippen LogP contribution in [0.5, 0.6) is 0 Å². The minimum atomic E-state index is -0.345. The molecule has 0 aliphatic rings. The van der Waals surface area contributed by atoms with E-state index in [1.165, 1.54) is 18.2 Å². The third-order valence-electron chi connectivity index (χ3n) is 2.51. The molecular weight excluding hydrogens is 251 g/mol. The first kappa shape index (κ1) is 12.4. The van der Waals surface area contributed by atoms with E-state index in [1.54, 1.807) is 12.1 Å². The van der Waals surface area contributed by atoms with Crippen LogP contribution in [0.3, 0.4) is 0 Å². The summed E-state index contributed by atoms with van der Waals surface area (Å²) in [6, 6.07) is 13.3. The van der Waals surface area contributed by atoms with Gasteiger partial charge in [-0.1, -0.05) is 11.6 Å². The fraction of sp³-hybridized carbons (Fsp3) is 0.0714. The summed E-state index contributed by atoms with van der Waals surface area (Å²) in [6.45, 7) is 0.391. The molecule has 2 aromatic rings. The summed E-state index contributed by atoms with van der Waals surface area (Å²) >= 11 is 5.78. The molecular formula is C14H10ClFN2. The Morgan fingerprint density at radius 3 is 2.56 bits per heavy atom. The van der Waals surface area contributed by atoms with Crippen molar-refractivity contribution in [1.82, 2.24) is 0 Å². The monoisotopic (exact) mass is 260 g/mol. The van der Waals surface area contributed by atoms with Crippen molar-refractivity contribution in [3.63, 3.8) is 0 Å². The highest BCUT2D eigenvalue weighted by molar-refractivity contribution is 6.30. The van der Waals surface area contributed by atoms with E-state index in [0.29, 0.717) is 22.7 Å². The second-order valence-electron chi connectivity index (χ2n) is 3.77. The molecule has 2 nitrogen and oxygen atoms in total. The molecule has 0 aliphatic carbocycles. The molecule has 0 amide bonds. The summed E-state index contributed by atoms with van der Waals surface area (Å²) in [4.78, 5) is 0. The molecule has 0 atom stereocenters. The van der Waals surface area contributed by atoms with Gasteiger partial charge in [-0.15, -0.1) is 0 Å². The van der Waals surface area contributed by atoms with Gasteiger partial charge in [0.1, 0.15) is 5.82 Å². The number of nitrogens with zero attached hydrogens (tertiary/aromatic N) is 1. The summed E-state index contributed by atoms with van der Waals surface area (Å²) < 4.78 is 13.1. The smallest absolute Gasteiger partial charge is 0.123 e. The van der Waals surface area contributed by atoms with Gasteiger partial charge in [0.15, 0.2) is 0 Å². The van der Waals surface area contributed by atoms with Crippen molar-refractivity contribution in [1.29, 1.82) is 5.26 Å². The van der Waals surface area contributed by atoms with Gasteiger partial charge in [-0.2, -0.15) is 5.26 Å². The molecule has 0 aliphatic heterocycles. The number of hydrogen-bond donors (Lipinski definition) is 1. The van der Waals surface area contributed by atoms with E-state index in [2.05, 4.69) is 5.32 Å². The van der Waals surface area contributed by atoms with Crippen molar-refractivity contribution >= 4 is 17.3 Å². The van der Waals surface area contributed by atoms with Gasteiger partial charge in [-0.25, -0.2) is 4.39 Å². The van der Waals surface area contributed by atoms with Gasteiger partial charge in [0.25, 0.3) is 0 Å². The van der Waals surface area contributed by atoms with Gasteiger partial charge in [-0.3, -0.25) is 0 Å². The lowest BCUT2D eigenvalue weighted by Crippen LogP contribution is -2.02. The van der Waals surface area contributed by atoms with Crippen LogP contribution in [0.15, 0.2) is 42.5 Å². The molecule has 1 N–H and O–H groups in total. The molecule has 0 fully saturated rings. The first-order valence-corrected chi connectivity index (χ1v) is 5.75. The largest absolute Gasteiger partial charge is 0.381 e. The van der Waals surface area contributed by atoms with Crippen LogP contribution in [0.1, 0.15) is 11.1 Å². The minimum absolute atomic E-state index is 0.345. The molecule has 0 saturated heterocycles. The molecule has 2 aromatic carbocycles. The quantitative estimate of drug-likeness (QED) is 0.907. The summed E-state index contributed by atoms with van der Waals surface area (Å²) in [5.41, 5.74) is 1.97. The van der Waals surface area contributed by atoms with E-state index in [0.717, 1.165) is 5.69 Å². The van der Waals surface area contributed by atoms with Crippen molar-refractivity contribution in [2.45, 2.75) is 6.54 Å². The predicted molar refractivity (Wildman–Crippen MR) is 69.9 cm³/mol. The topological polar surface area (TPSA) is 35.8 Å². The molecule has 0 radical (unpaired) electrons. The lowest BCUT2D eigenvalue weighted by atomic mass is 10.1. The van der Waals surface area contributed by atoms with Crippen LogP contribution in [0.2, 0.25) is 5.02 Å². The summed E-state index contributed by atoms with van der Waals surface area (Å²) in [6.07, 6.45) is 0. The van der Waals surface area contributed by atoms with Crippen LogP contribution in [0.4, 0.5) is 10.1 Å². The first-order chi connectivity index (χ1) is 8.69. The van der Waals surface area contributed by atoms with Crippen LogP contribution in [0, 0.1) is 17.1 Å². The summed E-state index contributed by atoms with van der Waals surface area (Å²) in [7, 11) is 0. The second kappa shape index (κ2) is 5.52. The summed E-state index contributed by atoms with van der Waals surface area (Å²) in [5.74, 6) is -0.345. The van der Waals surface area contributed by atoms with Crippen molar-refractivity contribution in [3.05, 3.63) is 64.4 Å².